The van der Waals surface area contributed by atoms with E-state index in [1.807, 2.05) is 0 Å². The van der Waals surface area contributed by atoms with Gasteiger partial charge in [0, 0.05) is 53.6 Å². The van der Waals surface area contributed by atoms with Crippen molar-refractivity contribution in [3.63, 3.8) is 0 Å². The van der Waals surface area contributed by atoms with Crippen molar-refractivity contribution in [2.75, 3.05) is 0 Å². The zero-order valence-electron chi connectivity index (χ0n) is 1.44. The Hall–Kier alpha value is 2.43. The van der Waals surface area contributed by atoms with Crippen molar-refractivity contribution < 1.29 is 53.6 Å². The van der Waals surface area contributed by atoms with Crippen LogP contribution in [0.3, 0.4) is 0 Å². The summed E-state index contributed by atoms with van der Waals surface area (Å²) in [6.07, 6.45) is 0. The van der Waals surface area contributed by atoms with E-state index in [9.17, 15) is 0 Å². The van der Waals surface area contributed by atoms with Gasteiger partial charge in [-0.25, -0.2) is 0 Å². The van der Waals surface area contributed by atoms with Gasteiger partial charge in [-0.15, -0.1) is 0 Å². The van der Waals surface area contributed by atoms with E-state index in [1.165, 1.54) is 0 Å². The Balaban J connectivity index is 0. The van der Waals surface area contributed by atoms with E-state index in [1.54, 1.807) is 0 Å². The Labute approximate surface area is 75.7 Å². The molecular weight excluding hydrogens is 200 g/mol. The molecule has 0 aromatic heterocycles. The zero-order valence-corrected chi connectivity index (χ0v) is 6.69. The van der Waals surface area contributed by atoms with E-state index in [0.29, 0.717) is 0 Å². The number of rotatable bonds is 0. The molecule has 0 rings (SSSR count). The van der Waals surface area contributed by atoms with Crippen LogP contribution in [-0.4, -0.2) is 23.1 Å². The summed E-state index contributed by atoms with van der Waals surface area (Å²) in [7, 11) is 0. The molecule has 0 aliphatic rings. The van der Waals surface area contributed by atoms with Crippen molar-refractivity contribution in [1.82, 2.24) is 0 Å². The van der Waals surface area contributed by atoms with Gasteiger partial charge in [-0.3, -0.25) is 0 Å². The Morgan fingerprint density at radius 1 is 1.00 bits per heavy atom. The van der Waals surface area contributed by atoms with Gasteiger partial charge in [0.15, 0.2) is 0 Å². The van der Waals surface area contributed by atoms with Gasteiger partial charge < -0.3 is 0 Å². The number of hydrogen-bond donors (Lipinski definition) is 0. The van der Waals surface area contributed by atoms with Crippen LogP contribution in [0.1, 0.15) is 0 Å². The third-order valence-electron chi connectivity index (χ3n) is 0. The van der Waals surface area contributed by atoms with Gasteiger partial charge in [-0.1, -0.05) is 0 Å². The van der Waals surface area contributed by atoms with Crippen LogP contribution in [-0.2, 0) is 53.6 Å². The molecule has 0 bridgehead atoms. The Bertz CT molecular complexity index is 8.00. The minimum Gasteiger partial charge on any atom is 0 e. The third kappa shape index (κ3) is 8.83. The Kier molecular flexibility index (Phi) is 145. The van der Waals surface area contributed by atoms with Crippen LogP contribution in [0.4, 0.5) is 0 Å². The van der Waals surface area contributed by atoms with Crippen molar-refractivity contribution in [3.8, 4) is 0 Å². The van der Waals surface area contributed by atoms with Crippen molar-refractivity contribution in [2.24, 2.45) is 0 Å². The largest absolute Gasteiger partial charge is 0.316 e. The van der Waals surface area contributed by atoms with E-state index in [4.69, 9.17) is 0 Å². The molecule has 4 heteroatoms. The average molecular weight is 202 g/mol. The van der Waals surface area contributed by atoms with Gasteiger partial charge in [-0.2, -0.15) is 0 Å². The molecule has 0 aliphatic heterocycles. The molecule has 0 fully saturated rings. The van der Waals surface area contributed by atoms with Crippen molar-refractivity contribution >= 4 is 23.1 Å². The second-order valence-electron chi connectivity index (χ2n) is 0. The molecule has 0 atom stereocenters. The van der Waals surface area contributed by atoms with Gasteiger partial charge in [0.25, 0.3) is 0 Å². The summed E-state index contributed by atoms with van der Waals surface area (Å²) < 4.78 is 0. The second-order valence-corrected chi connectivity index (χ2v) is 0. The summed E-state index contributed by atoms with van der Waals surface area (Å²) in [4.78, 5) is 0. The SMILES string of the molecule is [Fe].[MgH2].[Mn].[Zn]. The van der Waals surface area contributed by atoms with Crippen molar-refractivity contribution in [1.29, 1.82) is 0 Å². The maximum Gasteiger partial charge on any atom is 0.316 e. The monoisotopic (exact) mass is 201 g/mol. The van der Waals surface area contributed by atoms with Crippen LogP contribution < -0.4 is 0 Å². The number of hydrogen-bond acceptors (Lipinski definition) is 0. The van der Waals surface area contributed by atoms with Crippen LogP contribution >= 0.6 is 0 Å². The normalized spacial score (nSPS) is 0. The minimum atomic E-state index is 0. The third-order valence-corrected chi connectivity index (χ3v) is 0. The van der Waals surface area contributed by atoms with Gasteiger partial charge in [-0.05, 0) is 0 Å². The van der Waals surface area contributed by atoms with Crippen LogP contribution in [0.2, 0.25) is 0 Å². The summed E-state index contributed by atoms with van der Waals surface area (Å²) in [5, 5.41) is 0. The van der Waals surface area contributed by atoms with E-state index in [0.717, 1.165) is 0 Å². The first kappa shape index (κ1) is 32.1. The predicted octanol–water partition coefficient (Wildman–Crippen LogP) is -0.924. The van der Waals surface area contributed by atoms with Crippen LogP contribution in [0.5, 0.6) is 0 Å². The van der Waals surface area contributed by atoms with Crippen LogP contribution in [0.15, 0.2) is 0 Å². The van der Waals surface area contributed by atoms with Gasteiger partial charge in [0.05, 0.1) is 0 Å². The van der Waals surface area contributed by atoms with Crippen molar-refractivity contribution in [2.45, 2.75) is 0 Å². The van der Waals surface area contributed by atoms with Gasteiger partial charge in [0.1, 0.15) is 0 Å². The summed E-state index contributed by atoms with van der Waals surface area (Å²) in [5.41, 5.74) is 0. The average Bonchev–Trinajstić information content (AvgIpc) is 0. The van der Waals surface area contributed by atoms with E-state index in [2.05, 4.69) is 0 Å². The van der Waals surface area contributed by atoms with Gasteiger partial charge >= 0.3 is 23.1 Å². The van der Waals surface area contributed by atoms with Crippen molar-refractivity contribution in [3.05, 3.63) is 0 Å². The molecule has 0 heterocycles. The summed E-state index contributed by atoms with van der Waals surface area (Å²) in [6.45, 7) is 0. The second kappa shape index (κ2) is 18.1. The van der Waals surface area contributed by atoms with Crippen LogP contribution in [0, 0.1) is 0 Å². The molecule has 0 amide bonds. The molecule has 0 nitrogen and oxygen atoms in total. The molecule has 1 radical (unpaired) electrons. The molecule has 0 saturated carbocycles. The molecule has 0 aromatic carbocycles. The fourth-order valence-corrected chi connectivity index (χ4v) is 0. The first-order chi connectivity index (χ1) is 0. The standard InChI is InChI=1S/Fe.Mg.Mn.Zn.2H. The molecule has 0 unspecified atom stereocenters. The molecule has 0 saturated heterocycles. The van der Waals surface area contributed by atoms with Crippen LogP contribution in [0.25, 0.3) is 0 Å². The smallest absolute Gasteiger partial charge is 0 e. The Morgan fingerprint density at radius 3 is 1.00 bits per heavy atom. The predicted molar refractivity (Wildman–Crippen MR) is 8.54 cm³/mol. The fourth-order valence-electron chi connectivity index (χ4n) is 0. The molecule has 0 spiro atoms. The first-order valence-electron chi connectivity index (χ1n) is 0. The van der Waals surface area contributed by atoms with E-state index < -0.39 is 0 Å². The molecular formula is H2FeMgMnZn. The van der Waals surface area contributed by atoms with Gasteiger partial charge in [0.2, 0.25) is 0 Å². The maximum absolute atomic E-state index is 0. The topological polar surface area (TPSA) is 0 Å². The van der Waals surface area contributed by atoms with E-state index >= 15 is 0 Å². The molecule has 0 aliphatic carbocycles. The summed E-state index contributed by atoms with van der Waals surface area (Å²) >= 11 is 0. The quantitative estimate of drug-likeness (QED) is 0.446. The summed E-state index contributed by atoms with van der Waals surface area (Å²) in [5.74, 6) is 0. The maximum atomic E-state index is 0. The molecule has 0 N–H and O–H groups in total. The minimum absolute atomic E-state index is 0. The zero-order chi connectivity index (χ0) is 0. The summed E-state index contributed by atoms with van der Waals surface area (Å²) in [6, 6.07) is 0. The Morgan fingerprint density at radius 2 is 1.00 bits per heavy atom. The fraction of sp³-hybridized carbons (Fsp3) is 0. The first-order valence-corrected chi connectivity index (χ1v) is 0. The van der Waals surface area contributed by atoms with E-state index in [-0.39, 0.29) is 76.7 Å². The molecule has 0 aromatic rings. The molecule has 21 valence electrons. The molecule has 4 heavy (non-hydrogen) atoms.